The van der Waals surface area contributed by atoms with Crippen LogP contribution in [0.5, 0.6) is 0 Å². The normalized spacial score (nSPS) is 16.8. The Morgan fingerprint density at radius 3 is 1.55 bits per heavy atom. The van der Waals surface area contributed by atoms with Crippen LogP contribution in [0.1, 0.15) is 125 Å². The third-order valence-corrected chi connectivity index (χ3v) is 13.6. The second-order valence-corrected chi connectivity index (χ2v) is 21.8. The van der Waals surface area contributed by atoms with Gasteiger partial charge in [-0.15, -0.1) is 0 Å². The van der Waals surface area contributed by atoms with Crippen molar-refractivity contribution in [3.8, 4) is 0 Å². The molecule has 0 aromatic heterocycles. The molecule has 1 fully saturated rings. The summed E-state index contributed by atoms with van der Waals surface area (Å²) in [5.74, 6) is -14.8. The van der Waals surface area contributed by atoms with Crippen molar-refractivity contribution in [1.29, 1.82) is 0 Å². The maximum Gasteiger partial charge on any atom is 0.326 e. The molecule has 0 aliphatic carbocycles. The molecule has 0 spiro atoms. The van der Waals surface area contributed by atoms with Gasteiger partial charge < -0.3 is 79.3 Å². The van der Waals surface area contributed by atoms with Gasteiger partial charge in [-0.3, -0.25) is 57.5 Å². The fourth-order valence-electron chi connectivity index (χ4n) is 8.86. The molecule has 1 saturated heterocycles. The number of hydrogen-bond donors (Lipinski definition) is 14. The van der Waals surface area contributed by atoms with Gasteiger partial charge in [0.15, 0.2) is 0 Å². The SMILES string of the molecule is CC[C@H](C)[C@H](NC(=O)[C@H](CO)NC(=O)[C@H](CC(C)C)NC(=O)[C@@H](NC(=O)[C@@H]1CCCN1C(=O)[C@H](CCC(=O)O)NC(=O)[C@H](Cc1ccccc1)NC(=O)[C@@H](N)CCC(=O)O)C(C)C)C(=O)N[C@@H](CC(C)C)C(=O)N[C@@H](CC(N)=O)C(=O)O. The van der Waals surface area contributed by atoms with Gasteiger partial charge in [0, 0.05) is 25.8 Å². The van der Waals surface area contributed by atoms with E-state index in [9.17, 15) is 77.6 Å². The molecule has 82 heavy (non-hydrogen) atoms. The van der Waals surface area contributed by atoms with E-state index in [4.69, 9.17) is 16.6 Å². The van der Waals surface area contributed by atoms with Crippen molar-refractivity contribution >= 4 is 77.0 Å². The maximum absolute atomic E-state index is 14.4. The van der Waals surface area contributed by atoms with E-state index in [-0.39, 0.29) is 56.9 Å². The van der Waals surface area contributed by atoms with Crippen LogP contribution in [0.4, 0.5) is 0 Å². The average molecular weight is 1160 g/mol. The van der Waals surface area contributed by atoms with Crippen LogP contribution < -0.4 is 54.0 Å². The molecule has 1 aliphatic heterocycles. The predicted molar refractivity (Wildman–Crippen MR) is 294 cm³/mol. The Bertz CT molecular complexity index is 2410. The Hall–Kier alpha value is -7.75. The average Bonchev–Trinajstić information content (AvgIpc) is 4.05. The molecular weight excluding hydrogens is 1070 g/mol. The molecule has 11 atom stereocenters. The summed E-state index contributed by atoms with van der Waals surface area (Å²) in [6.45, 7) is 12.5. The van der Waals surface area contributed by atoms with Gasteiger partial charge in [0.2, 0.25) is 59.1 Å². The highest BCUT2D eigenvalue weighted by atomic mass is 16.4. The van der Waals surface area contributed by atoms with Crippen LogP contribution >= 0.6 is 0 Å². The summed E-state index contributed by atoms with van der Waals surface area (Å²) in [5.41, 5.74) is 11.7. The zero-order chi connectivity index (χ0) is 62.1. The lowest BCUT2D eigenvalue weighted by Gasteiger charge is -2.32. The fraction of sp³-hybridized carbons (Fsp3) is 0.648. The van der Waals surface area contributed by atoms with E-state index in [0.29, 0.717) is 12.0 Å². The van der Waals surface area contributed by atoms with Crippen LogP contribution in [0.25, 0.3) is 0 Å². The monoisotopic (exact) mass is 1160 g/mol. The van der Waals surface area contributed by atoms with Crippen LogP contribution in [0.2, 0.25) is 0 Å². The first-order valence-electron chi connectivity index (χ1n) is 27.5. The lowest BCUT2D eigenvalue weighted by atomic mass is 9.96. The van der Waals surface area contributed by atoms with Gasteiger partial charge in [0.25, 0.3) is 0 Å². The summed E-state index contributed by atoms with van der Waals surface area (Å²) < 4.78 is 0. The number of likely N-dealkylation sites (tertiary alicyclic amines) is 1. The summed E-state index contributed by atoms with van der Waals surface area (Å²) in [4.78, 5) is 172. The van der Waals surface area contributed by atoms with Crippen molar-refractivity contribution < 1.29 is 82.8 Å². The molecule has 0 radical (unpaired) electrons. The van der Waals surface area contributed by atoms with Gasteiger partial charge in [-0.2, -0.15) is 0 Å². The number of hydrogen-bond acceptors (Lipinski definition) is 15. The number of nitrogens with one attached hydrogen (secondary N) is 8. The molecule has 458 valence electrons. The molecule has 28 nitrogen and oxygen atoms in total. The highest BCUT2D eigenvalue weighted by Crippen LogP contribution is 2.22. The number of carboxylic acids is 3. The molecule has 28 heteroatoms. The topological polar surface area (TPSA) is 454 Å². The number of aliphatic carboxylic acids is 3. The molecule has 0 unspecified atom stereocenters. The number of nitrogens with zero attached hydrogens (tertiary/aromatic N) is 1. The van der Waals surface area contributed by atoms with Crippen LogP contribution in [0.3, 0.4) is 0 Å². The van der Waals surface area contributed by atoms with Crippen LogP contribution in [-0.2, 0) is 68.7 Å². The van der Waals surface area contributed by atoms with Crippen molar-refractivity contribution in [3.05, 3.63) is 35.9 Å². The minimum Gasteiger partial charge on any atom is -0.481 e. The number of primary amides is 1. The number of carbonyl (C=O) groups excluding carboxylic acids is 10. The van der Waals surface area contributed by atoms with E-state index >= 15 is 0 Å². The number of nitrogens with two attached hydrogens (primary N) is 2. The number of rotatable bonds is 36. The van der Waals surface area contributed by atoms with Gasteiger partial charge >= 0.3 is 17.9 Å². The Morgan fingerprint density at radius 1 is 0.585 bits per heavy atom. The Kier molecular flexibility index (Phi) is 29.6. The molecule has 16 N–H and O–H groups in total. The molecule has 1 aromatic carbocycles. The molecule has 0 saturated carbocycles. The maximum atomic E-state index is 14.4. The smallest absolute Gasteiger partial charge is 0.326 e. The van der Waals surface area contributed by atoms with Crippen LogP contribution in [-0.4, -0.2) is 176 Å². The lowest BCUT2D eigenvalue weighted by Crippen LogP contribution is -2.62. The summed E-state index contributed by atoms with van der Waals surface area (Å²) in [7, 11) is 0. The summed E-state index contributed by atoms with van der Waals surface area (Å²) in [5, 5.41) is 58.7. The third kappa shape index (κ3) is 23.8. The Balaban J connectivity index is 2.34. The van der Waals surface area contributed by atoms with E-state index in [1.165, 1.54) is 0 Å². The third-order valence-electron chi connectivity index (χ3n) is 13.6. The van der Waals surface area contributed by atoms with Crippen LogP contribution in [0, 0.1) is 23.7 Å². The molecule has 2 rings (SSSR count). The first-order chi connectivity index (χ1) is 38.4. The zero-order valence-corrected chi connectivity index (χ0v) is 47.9. The van der Waals surface area contributed by atoms with E-state index in [2.05, 4.69) is 42.5 Å². The van der Waals surface area contributed by atoms with Gasteiger partial charge in [-0.25, -0.2) is 4.79 Å². The lowest BCUT2D eigenvalue weighted by molar-refractivity contribution is -0.144. The highest BCUT2D eigenvalue weighted by Gasteiger charge is 2.41. The van der Waals surface area contributed by atoms with Gasteiger partial charge in [-0.1, -0.05) is 92.1 Å². The quantitative estimate of drug-likeness (QED) is 0.0342. The first kappa shape index (κ1) is 70.4. The number of aliphatic hydroxyl groups excluding tert-OH is 1. The summed E-state index contributed by atoms with van der Waals surface area (Å²) in [6, 6.07) is -5.83. The first-order valence-corrected chi connectivity index (χ1v) is 27.5. The molecular formula is C54H85N11O17. The van der Waals surface area contributed by atoms with Crippen molar-refractivity contribution in [3.63, 3.8) is 0 Å². The number of carbonyl (C=O) groups is 13. The largest absolute Gasteiger partial charge is 0.481 e. The van der Waals surface area contributed by atoms with Crippen molar-refractivity contribution in [2.75, 3.05) is 13.2 Å². The predicted octanol–water partition coefficient (Wildman–Crippen LogP) is -2.10. The summed E-state index contributed by atoms with van der Waals surface area (Å²) >= 11 is 0. The van der Waals surface area contributed by atoms with E-state index in [0.717, 1.165) is 4.90 Å². The van der Waals surface area contributed by atoms with E-state index < -0.39 is 182 Å². The molecule has 1 heterocycles. The number of benzene rings is 1. The standard InChI is InChI=1S/C54H85N11O17/c1-9-30(8)44(52(79)60-34(22-27(2)3)46(73)61-37(54(81)82)25-40(56)67)64-49(76)38(26-66)62-47(74)35(23-28(4)5)59-51(78)43(29(6)7)63-50(77)39-16-13-21-65(39)53(80)33(18-20-42(70)71)57-48(75)36(24-31-14-11-10-12-15-31)58-45(72)32(55)17-19-41(68)69/h10-12,14-15,27-30,32-39,43-44,66H,9,13,16-26,55H2,1-8H3,(H2,56,67)(H,57,75)(H,58,72)(H,59,78)(H,60,79)(H,61,73)(H,62,74)(H,63,77)(H,64,76)(H,68,69)(H,70,71)(H,81,82)/t30-,32-,33-,34-,35-,36-,37-,38-,39-,43-,44-/m0/s1. The van der Waals surface area contributed by atoms with Crippen molar-refractivity contribution in [2.24, 2.45) is 35.1 Å². The molecule has 1 aromatic rings. The molecule has 1 aliphatic rings. The molecule has 10 amide bonds. The Morgan fingerprint density at radius 2 is 1.06 bits per heavy atom. The Labute approximate surface area is 476 Å². The second kappa shape index (κ2) is 34.5. The number of carboxylic acid groups (broad SMARTS) is 3. The number of amides is 10. The highest BCUT2D eigenvalue weighted by molar-refractivity contribution is 5.99. The zero-order valence-electron chi connectivity index (χ0n) is 47.9. The van der Waals surface area contributed by atoms with E-state index in [1.54, 1.807) is 85.7 Å². The van der Waals surface area contributed by atoms with Gasteiger partial charge in [0.05, 0.1) is 19.1 Å². The fourth-order valence-corrected chi connectivity index (χ4v) is 8.86. The minimum atomic E-state index is -1.70. The minimum absolute atomic E-state index is 0.0111. The summed E-state index contributed by atoms with van der Waals surface area (Å²) in [6.07, 6.45) is -1.88. The van der Waals surface area contributed by atoms with E-state index in [1.807, 2.05) is 0 Å². The van der Waals surface area contributed by atoms with Crippen molar-refractivity contribution in [2.45, 2.75) is 186 Å². The van der Waals surface area contributed by atoms with Gasteiger partial charge in [-0.05, 0) is 67.8 Å². The second-order valence-electron chi connectivity index (χ2n) is 21.8. The molecule has 0 bridgehead atoms. The van der Waals surface area contributed by atoms with Crippen LogP contribution in [0.15, 0.2) is 30.3 Å². The van der Waals surface area contributed by atoms with Gasteiger partial charge in [0.1, 0.15) is 54.4 Å². The van der Waals surface area contributed by atoms with Crippen molar-refractivity contribution in [1.82, 2.24) is 47.4 Å². The number of aliphatic hydroxyl groups is 1.